The van der Waals surface area contributed by atoms with Crippen LogP contribution in [0.4, 0.5) is 11.5 Å². The van der Waals surface area contributed by atoms with E-state index in [1.807, 2.05) is 34.7 Å². The minimum atomic E-state index is -0.422. The van der Waals surface area contributed by atoms with Crippen LogP contribution in [0.15, 0.2) is 72.9 Å². The molecule has 0 radical (unpaired) electrons. The molecule has 0 aliphatic heterocycles. The summed E-state index contributed by atoms with van der Waals surface area (Å²) < 4.78 is 11.4. The van der Waals surface area contributed by atoms with E-state index in [0.717, 1.165) is 22.8 Å². The summed E-state index contributed by atoms with van der Waals surface area (Å²) in [5.41, 5.74) is 3.92. The molecule has 0 spiro atoms. The molecule has 4 rings (SSSR count). The van der Waals surface area contributed by atoms with Crippen LogP contribution < -0.4 is 5.32 Å². The topological polar surface area (TPSA) is 81.9 Å². The van der Waals surface area contributed by atoms with Crippen molar-refractivity contribution in [2.45, 2.75) is 0 Å². The normalized spacial score (nSPS) is 10.6. The Balaban J connectivity index is 1.80. The first-order chi connectivity index (χ1) is 14.6. The van der Waals surface area contributed by atoms with Crippen molar-refractivity contribution in [3.8, 4) is 11.3 Å². The number of ether oxygens (including phenoxy) is 2. The van der Waals surface area contributed by atoms with E-state index in [1.54, 1.807) is 42.6 Å². The van der Waals surface area contributed by atoms with Gasteiger partial charge in [0.1, 0.15) is 17.2 Å². The maximum atomic E-state index is 11.9. The number of fused-ring (bicyclic) bond motifs is 1. The molecule has 0 amide bonds. The highest BCUT2D eigenvalue weighted by Crippen LogP contribution is 2.31. The summed E-state index contributed by atoms with van der Waals surface area (Å²) in [6.07, 6.45) is 1.77. The summed E-state index contributed by atoms with van der Waals surface area (Å²) >= 11 is 0. The smallest absolute Gasteiger partial charge is 0.338 e. The number of pyridine rings is 1. The number of imidazole rings is 1. The summed E-state index contributed by atoms with van der Waals surface area (Å²) in [6.45, 7) is 0. The maximum absolute atomic E-state index is 11.9. The van der Waals surface area contributed by atoms with Crippen molar-refractivity contribution >= 4 is 29.1 Å². The minimum Gasteiger partial charge on any atom is -0.465 e. The number of anilines is 2. The van der Waals surface area contributed by atoms with Crippen LogP contribution in [-0.2, 0) is 9.47 Å². The highest BCUT2D eigenvalue weighted by molar-refractivity contribution is 5.91. The zero-order valence-electron chi connectivity index (χ0n) is 16.5. The van der Waals surface area contributed by atoms with Crippen LogP contribution >= 0.6 is 0 Å². The van der Waals surface area contributed by atoms with Gasteiger partial charge >= 0.3 is 11.9 Å². The fourth-order valence-electron chi connectivity index (χ4n) is 3.15. The van der Waals surface area contributed by atoms with Crippen molar-refractivity contribution in [1.82, 2.24) is 9.38 Å². The lowest BCUT2D eigenvalue weighted by Crippen LogP contribution is -2.03. The Morgan fingerprint density at radius 1 is 0.867 bits per heavy atom. The highest BCUT2D eigenvalue weighted by atomic mass is 16.5. The number of hydrogen-bond donors (Lipinski definition) is 1. The third-order valence-corrected chi connectivity index (χ3v) is 4.66. The largest absolute Gasteiger partial charge is 0.465 e. The van der Waals surface area contributed by atoms with E-state index in [1.165, 1.54) is 14.2 Å². The number of carbonyl (C=O) groups is 2. The Kier molecular flexibility index (Phi) is 5.17. The fourth-order valence-corrected chi connectivity index (χ4v) is 3.15. The van der Waals surface area contributed by atoms with Gasteiger partial charge in [-0.1, -0.05) is 30.3 Å². The zero-order valence-corrected chi connectivity index (χ0v) is 16.5. The molecule has 0 fully saturated rings. The van der Waals surface area contributed by atoms with Gasteiger partial charge < -0.3 is 14.8 Å². The van der Waals surface area contributed by atoms with Gasteiger partial charge in [-0.3, -0.25) is 4.40 Å². The van der Waals surface area contributed by atoms with Gasteiger partial charge in [-0.05, 0) is 36.4 Å². The first-order valence-electron chi connectivity index (χ1n) is 9.22. The van der Waals surface area contributed by atoms with Gasteiger partial charge in [0.15, 0.2) is 0 Å². The summed E-state index contributed by atoms with van der Waals surface area (Å²) in [6, 6.07) is 20.1. The number of hydrogen-bond acceptors (Lipinski definition) is 6. The highest BCUT2D eigenvalue weighted by Gasteiger charge is 2.16. The Labute approximate surface area is 172 Å². The summed E-state index contributed by atoms with van der Waals surface area (Å²) in [5.74, 6) is -0.0789. The van der Waals surface area contributed by atoms with E-state index in [9.17, 15) is 9.59 Å². The van der Waals surface area contributed by atoms with E-state index in [-0.39, 0.29) is 0 Å². The number of rotatable bonds is 5. The number of aromatic nitrogens is 2. The molecule has 1 N–H and O–H groups in total. The molecule has 30 heavy (non-hydrogen) atoms. The van der Waals surface area contributed by atoms with E-state index < -0.39 is 11.9 Å². The van der Waals surface area contributed by atoms with Crippen molar-refractivity contribution in [3.63, 3.8) is 0 Å². The first-order valence-corrected chi connectivity index (χ1v) is 9.22. The Hall–Kier alpha value is -4.13. The molecule has 0 bridgehead atoms. The van der Waals surface area contributed by atoms with Crippen LogP contribution in [0.1, 0.15) is 20.7 Å². The molecule has 4 aromatic rings. The van der Waals surface area contributed by atoms with Crippen molar-refractivity contribution in [2.24, 2.45) is 0 Å². The average Bonchev–Trinajstić information content (AvgIpc) is 3.16. The van der Waals surface area contributed by atoms with E-state index in [0.29, 0.717) is 16.8 Å². The number of nitrogens with one attached hydrogen (secondary N) is 1. The maximum Gasteiger partial charge on any atom is 0.338 e. The van der Waals surface area contributed by atoms with Crippen molar-refractivity contribution < 1.29 is 19.1 Å². The van der Waals surface area contributed by atoms with Gasteiger partial charge in [-0.15, -0.1) is 0 Å². The molecule has 2 heterocycles. The molecule has 7 nitrogen and oxygen atoms in total. The van der Waals surface area contributed by atoms with Crippen LogP contribution in [0, 0.1) is 0 Å². The van der Waals surface area contributed by atoms with Crippen LogP contribution in [0.2, 0.25) is 0 Å². The monoisotopic (exact) mass is 401 g/mol. The van der Waals surface area contributed by atoms with Crippen molar-refractivity contribution in [3.05, 3.63) is 84.1 Å². The Bertz CT molecular complexity index is 1210. The van der Waals surface area contributed by atoms with Gasteiger partial charge in [0.25, 0.3) is 0 Å². The molecule has 7 heteroatoms. The van der Waals surface area contributed by atoms with Crippen LogP contribution in [-0.4, -0.2) is 35.5 Å². The molecule has 0 aliphatic carbocycles. The predicted molar refractivity (Wildman–Crippen MR) is 113 cm³/mol. The molecule has 2 aromatic carbocycles. The summed E-state index contributed by atoms with van der Waals surface area (Å²) in [4.78, 5) is 28.3. The number of nitrogens with zero attached hydrogens (tertiary/aromatic N) is 2. The fraction of sp³-hybridized carbons (Fsp3) is 0.0870. The number of benzene rings is 2. The lowest BCUT2D eigenvalue weighted by Gasteiger charge is -2.10. The van der Waals surface area contributed by atoms with E-state index in [2.05, 4.69) is 5.32 Å². The second-order valence-corrected chi connectivity index (χ2v) is 6.50. The molecular weight excluding hydrogens is 382 g/mol. The van der Waals surface area contributed by atoms with Crippen molar-refractivity contribution in [2.75, 3.05) is 19.5 Å². The molecular formula is C23H19N3O4. The average molecular weight is 401 g/mol. The molecule has 0 aliphatic rings. The van der Waals surface area contributed by atoms with Crippen LogP contribution in [0.25, 0.3) is 16.9 Å². The van der Waals surface area contributed by atoms with Gasteiger partial charge in [0.05, 0.1) is 25.3 Å². The molecule has 0 unspecified atom stereocenters. The lowest BCUT2D eigenvalue weighted by molar-refractivity contribution is 0.0592. The second kappa shape index (κ2) is 8.08. The van der Waals surface area contributed by atoms with Crippen LogP contribution in [0.3, 0.4) is 0 Å². The van der Waals surface area contributed by atoms with Gasteiger partial charge in [-0.25, -0.2) is 14.6 Å². The summed E-state index contributed by atoms with van der Waals surface area (Å²) in [7, 11) is 2.69. The number of carbonyl (C=O) groups excluding carboxylic acids is 2. The van der Waals surface area contributed by atoms with Crippen LogP contribution in [0.5, 0.6) is 0 Å². The quantitative estimate of drug-likeness (QED) is 0.502. The molecule has 0 saturated heterocycles. The van der Waals surface area contributed by atoms with Gasteiger partial charge in [0.2, 0.25) is 0 Å². The van der Waals surface area contributed by atoms with Gasteiger partial charge in [0, 0.05) is 17.4 Å². The molecule has 0 atom stereocenters. The lowest BCUT2D eigenvalue weighted by atomic mass is 10.1. The molecule has 2 aromatic heterocycles. The second-order valence-electron chi connectivity index (χ2n) is 6.50. The standard InChI is InChI=1S/C23H19N3O4/c1-29-22(27)16-8-10-18(11-9-16)24-21-20(15-6-4-3-5-7-15)25-19-14-17(23(28)30-2)12-13-26(19)21/h3-14,24H,1-2H3. The van der Waals surface area contributed by atoms with Crippen molar-refractivity contribution in [1.29, 1.82) is 0 Å². The summed E-state index contributed by atoms with van der Waals surface area (Å²) in [5, 5.41) is 3.37. The van der Waals surface area contributed by atoms with E-state index >= 15 is 0 Å². The van der Waals surface area contributed by atoms with E-state index in [4.69, 9.17) is 14.5 Å². The zero-order chi connectivity index (χ0) is 21.1. The SMILES string of the molecule is COC(=O)c1ccc(Nc2c(-c3ccccc3)nc3cc(C(=O)OC)ccn23)cc1. The number of esters is 2. The first kappa shape index (κ1) is 19.2. The Morgan fingerprint density at radius 3 is 2.20 bits per heavy atom. The molecule has 150 valence electrons. The number of methoxy groups -OCH3 is 2. The third kappa shape index (κ3) is 3.60. The third-order valence-electron chi connectivity index (χ3n) is 4.66. The van der Waals surface area contributed by atoms with Gasteiger partial charge in [-0.2, -0.15) is 0 Å². The molecule has 0 saturated carbocycles. The predicted octanol–water partition coefficient (Wildman–Crippen LogP) is 4.32. The minimum absolute atomic E-state index is 0.392. The Morgan fingerprint density at radius 2 is 1.53 bits per heavy atom.